The standard InChI is InChI=1S/C10H9F2N/c1-6(2)9-7(5-13)3-4-8(11)10(9)12/h3-4,6H,1-2H3. The van der Waals surface area contributed by atoms with Gasteiger partial charge in [0.25, 0.3) is 0 Å². The molecule has 0 bridgehead atoms. The fraction of sp³-hybridized carbons (Fsp3) is 0.300. The van der Waals surface area contributed by atoms with Crippen molar-refractivity contribution in [2.24, 2.45) is 0 Å². The summed E-state index contributed by atoms with van der Waals surface area (Å²) in [4.78, 5) is 0. The largest absolute Gasteiger partial charge is 0.204 e. The van der Waals surface area contributed by atoms with Gasteiger partial charge in [-0.05, 0) is 18.1 Å². The van der Waals surface area contributed by atoms with Crippen molar-refractivity contribution < 1.29 is 8.78 Å². The van der Waals surface area contributed by atoms with Gasteiger partial charge in [0, 0.05) is 5.56 Å². The average Bonchev–Trinajstić information content (AvgIpc) is 2.08. The molecule has 1 aromatic rings. The second kappa shape index (κ2) is 3.53. The predicted molar refractivity (Wildman–Crippen MR) is 45.2 cm³/mol. The molecule has 0 spiro atoms. The first-order valence-electron chi connectivity index (χ1n) is 3.96. The van der Waals surface area contributed by atoms with Gasteiger partial charge < -0.3 is 0 Å². The number of hydrogen-bond acceptors (Lipinski definition) is 1. The van der Waals surface area contributed by atoms with Crippen molar-refractivity contribution in [2.45, 2.75) is 19.8 Å². The first-order valence-corrected chi connectivity index (χ1v) is 3.96. The van der Waals surface area contributed by atoms with Crippen LogP contribution in [-0.4, -0.2) is 0 Å². The molecule has 0 saturated carbocycles. The van der Waals surface area contributed by atoms with Crippen LogP contribution < -0.4 is 0 Å². The molecular weight excluding hydrogens is 172 g/mol. The van der Waals surface area contributed by atoms with Gasteiger partial charge >= 0.3 is 0 Å². The van der Waals surface area contributed by atoms with Crippen LogP contribution in [0.3, 0.4) is 0 Å². The SMILES string of the molecule is CC(C)c1c(C#N)ccc(F)c1F. The Kier molecular flexibility index (Phi) is 2.62. The van der Waals surface area contributed by atoms with E-state index in [1.807, 2.05) is 6.07 Å². The van der Waals surface area contributed by atoms with E-state index in [-0.39, 0.29) is 17.0 Å². The van der Waals surface area contributed by atoms with Gasteiger partial charge in [-0.25, -0.2) is 8.78 Å². The summed E-state index contributed by atoms with van der Waals surface area (Å²) >= 11 is 0. The van der Waals surface area contributed by atoms with Crippen LogP contribution in [0.4, 0.5) is 8.78 Å². The minimum atomic E-state index is -0.908. The predicted octanol–water partition coefficient (Wildman–Crippen LogP) is 2.96. The molecule has 0 saturated heterocycles. The third-order valence-electron chi connectivity index (χ3n) is 1.83. The third-order valence-corrected chi connectivity index (χ3v) is 1.83. The van der Waals surface area contributed by atoms with Crippen molar-refractivity contribution in [3.63, 3.8) is 0 Å². The Labute approximate surface area is 75.6 Å². The van der Waals surface area contributed by atoms with E-state index in [2.05, 4.69) is 0 Å². The normalized spacial score (nSPS) is 10.2. The summed E-state index contributed by atoms with van der Waals surface area (Å²) in [6.07, 6.45) is 0. The monoisotopic (exact) mass is 181 g/mol. The molecule has 1 rings (SSSR count). The van der Waals surface area contributed by atoms with Crippen molar-refractivity contribution in [1.82, 2.24) is 0 Å². The molecule has 0 radical (unpaired) electrons. The highest BCUT2D eigenvalue weighted by Gasteiger charge is 2.15. The molecule has 0 aromatic heterocycles. The maximum atomic E-state index is 13.2. The molecule has 3 heteroatoms. The van der Waals surface area contributed by atoms with E-state index in [0.717, 1.165) is 6.07 Å². The van der Waals surface area contributed by atoms with Crippen LogP contribution in [-0.2, 0) is 0 Å². The molecule has 1 aromatic carbocycles. The van der Waals surface area contributed by atoms with Gasteiger partial charge in [0.1, 0.15) is 0 Å². The van der Waals surface area contributed by atoms with Crippen molar-refractivity contribution in [3.8, 4) is 6.07 Å². The highest BCUT2D eigenvalue weighted by Crippen LogP contribution is 2.24. The van der Waals surface area contributed by atoms with E-state index < -0.39 is 11.6 Å². The highest BCUT2D eigenvalue weighted by molar-refractivity contribution is 5.40. The molecule has 0 aliphatic carbocycles. The summed E-state index contributed by atoms with van der Waals surface area (Å²) in [6, 6.07) is 4.11. The lowest BCUT2D eigenvalue weighted by Crippen LogP contribution is -2.00. The molecule has 0 unspecified atom stereocenters. The molecular formula is C10H9F2N. The topological polar surface area (TPSA) is 23.8 Å². The second-order valence-corrected chi connectivity index (χ2v) is 3.09. The molecule has 0 aliphatic rings. The van der Waals surface area contributed by atoms with Gasteiger partial charge in [0.05, 0.1) is 11.6 Å². The van der Waals surface area contributed by atoms with Gasteiger partial charge in [0.2, 0.25) is 0 Å². The third kappa shape index (κ3) is 1.67. The number of rotatable bonds is 1. The Hall–Kier alpha value is -1.43. The van der Waals surface area contributed by atoms with Crippen LogP contribution in [0.1, 0.15) is 30.9 Å². The highest BCUT2D eigenvalue weighted by atomic mass is 19.2. The molecule has 0 N–H and O–H groups in total. The van der Waals surface area contributed by atoms with Gasteiger partial charge in [0.15, 0.2) is 11.6 Å². The fourth-order valence-corrected chi connectivity index (χ4v) is 1.23. The lowest BCUT2D eigenvalue weighted by molar-refractivity contribution is 0.493. The van der Waals surface area contributed by atoms with E-state index in [1.54, 1.807) is 13.8 Å². The van der Waals surface area contributed by atoms with E-state index in [9.17, 15) is 8.78 Å². The summed E-state index contributed by atoms with van der Waals surface area (Å²) in [5, 5.41) is 8.64. The van der Waals surface area contributed by atoms with Crippen LogP contribution in [0, 0.1) is 23.0 Å². The van der Waals surface area contributed by atoms with Crippen LogP contribution in [0.5, 0.6) is 0 Å². The van der Waals surface area contributed by atoms with Crippen molar-refractivity contribution in [3.05, 3.63) is 34.9 Å². The maximum absolute atomic E-state index is 13.2. The number of nitrogens with zero attached hydrogens (tertiary/aromatic N) is 1. The lowest BCUT2D eigenvalue weighted by atomic mass is 9.97. The summed E-state index contributed by atoms with van der Waals surface area (Å²) in [5.41, 5.74) is 0.358. The molecule has 0 aliphatic heterocycles. The summed E-state index contributed by atoms with van der Waals surface area (Å²) < 4.78 is 25.9. The molecule has 1 nitrogen and oxygen atoms in total. The lowest BCUT2D eigenvalue weighted by Gasteiger charge is -2.08. The number of nitriles is 1. The Morgan fingerprint density at radius 2 is 1.92 bits per heavy atom. The van der Waals surface area contributed by atoms with Gasteiger partial charge in [-0.1, -0.05) is 13.8 Å². The summed E-state index contributed by atoms with van der Waals surface area (Å²) in [7, 11) is 0. The Balaban J connectivity index is 3.43. The molecule has 0 amide bonds. The molecule has 0 heterocycles. The van der Waals surface area contributed by atoms with Gasteiger partial charge in [-0.15, -0.1) is 0 Å². The average molecular weight is 181 g/mol. The van der Waals surface area contributed by atoms with Crippen LogP contribution in [0.25, 0.3) is 0 Å². The smallest absolute Gasteiger partial charge is 0.163 e. The zero-order valence-corrected chi connectivity index (χ0v) is 7.44. The summed E-state index contributed by atoms with van der Waals surface area (Å²) in [5.74, 6) is -2.00. The van der Waals surface area contributed by atoms with Crippen LogP contribution >= 0.6 is 0 Å². The van der Waals surface area contributed by atoms with E-state index in [1.165, 1.54) is 6.07 Å². The number of benzene rings is 1. The fourth-order valence-electron chi connectivity index (χ4n) is 1.23. The minimum Gasteiger partial charge on any atom is -0.204 e. The number of halogens is 2. The molecule has 0 atom stereocenters. The Morgan fingerprint density at radius 3 is 2.38 bits per heavy atom. The molecule has 68 valence electrons. The van der Waals surface area contributed by atoms with Crippen molar-refractivity contribution >= 4 is 0 Å². The van der Waals surface area contributed by atoms with E-state index in [4.69, 9.17) is 5.26 Å². The Morgan fingerprint density at radius 1 is 1.31 bits per heavy atom. The maximum Gasteiger partial charge on any atom is 0.163 e. The first kappa shape index (κ1) is 9.66. The first-order chi connectivity index (χ1) is 6.07. The zero-order chi connectivity index (χ0) is 10.0. The number of hydrogen-bond donors (Lipinski definition) is 0. The van der Waals surface area contributed by atoms with Crippen molar-refractivity contribution in [2.75, 3.05) is 0 Å². The molecule has 0 fully saturated rings. The van der Waals surface area contributed by atoms with Gasteiger partial charge in [-0.3, -0.25) is 0 Å². The van der Waals surface area contributed by atoms with E-state index >= 15 is 0 Å². The Bertz CT molecular complexity index is 364. The summed E-state index contributed by atoms with van der Waals surface area (Å²) in [6.45, 7) is 3.44. The zero-order valence-electron chi connectivity index (χ0n) is 7.44. The second-order valence-electron chi connectivity index (χ2n) is 3.09. The van der Waals surface area contributed by atoms with E-state index in [0.29, 0.717) is 0 Å². The van der Waals surface area contributed by atoms with Crippen LogP contribution in [0.2, 0.25) is 0 Å². The van der Waals surface area contributed by atoms with Gasteiger partial charge in [-0.2, -0.15) is 5.26 Å². The molecule has 13 heavy (non-hydrogen) atoms. The minimum absolute atomic E-state index is 0.155. The quantitative estimate of drug-likeness (QED) is 0.653. The van der Waals surface area contributed by atoms with Crippen LogP contribution in [0.15, 0.2) is 12.1 Å². The van der Waals surface area contributed by atoms with Crippen molar-refractivity contribution in [1.29, 1.82) is 5.26 Å².